The summed E-state index contributed by atoms with van der Waals surface area (Å²) < 4.78 is 0. The Morgan fingerprint density at radius 1 is 1.42 bits per heavy atom. The van der Waals surface area contributed by atoms with Gasteiger partial charge in [-0.3, -0.25) is 4.79 Å². The lowest BCUT2D eigenvalue weighted by Crippen LogP contribution is -1.92. The Labute approximate surface area is 74.2 Å². The topological polar surface area (TPSA) is 57.5 Å². The number of hydrogen-bond donors (Lipinski definition) is 2. The largest absolute Gasteiger partial charge is 0.504 e. The Hall–Kier alpha value is -1.22. The lowest BCUT2D eigenvalue weighted by atomic mass is 10.1. The van der Waals surface area contributed by atoms with E-state index in [2.05, 4.69) is 0 Å². The highest BCUT2D eigenvalue weighted by molar-refractivity contribution is 6.31. The number of carbonyl (C=O) groups excluding carboxylic acids is 1. The fraction of sp³-hybridized carbons (Fsp3) is 0.125. The fourth-order valence-corrected chi connectivity index (χ4v) is 1.07. The summed E-state index contributed by atoms with van der Waals surface area (Å²) in [6.45, 7) is 1.28. The normalized spacial score (nSPS) is 9.83. The first-order valence-electron chi connectivity index (χ1n) is 3.25. The van der Waals surface area contributed by atoms with Crippen molar-refractivity contribution in [3.63, 3.8) is 0 Å². The summed E-state index contributed by atoms with van der Waals surface area (Å²) in [6, 6.07) is 2.47. The lowest BCUT2D eigenvalue weighted by Gasteiger charge is -2.02. The minimum atomic E-state index is -0.424. The Balaban J connectivity index is 3.37. The minimum absolute atomic E-state index is 0.0278. The van der Waals surface area contributed by atoms with Crippen LogP contribution in [0.15, 0.2) is 12.1 Å². The van der Waals surface area contributed by atoms with Gasteiger partial charge in [-0.15, -0.1) is 0 Å². The first-order valence-corrected chi connectivity index (χ1v) is 3.62. The maximum atomic E-state index is 10.8. The molecule has 4 heteroatoms. The monoisotopic (exact) mass is 186 g/mol. The lowest BCUT2D eigenvalue weighted by molar-refractivity contribution is 0.101. The van der Waals surface area contributed by atoms with Crippen molar-refractivity contribution in [3.05, 3.63) is 22.7 Å². The molecule has 0 fully saturated rings. The predicted molar refractivity (Wildman–Crippen MR) is 44.8 cm³/mol. The number of benzene rings is 1. The SMILES string of the molecule is CC(=O)c1cc(Cl)cc(O)c1O. The van der Waals surface area contributed by atoms with Crippen molar-refractivity contribution in [2.45, 2.75) is 6.92 Å². The summed E-state index contributed by atoms with van der Waals surface area (Å²) >= 11 is 5.54. The molecule has 64 valence electrons. The zero-order valence-corrected chi connectivity index (χ0v) is 7.09. The second kappa shape index (κ2) is 3.03. The average molecular weight is 187 g/mol. The molecule has 0 radical (unpaired) electrons. The van der Waals surface area contributed by atoms with Gasteiger partial charge in [0.05, 0.1) is 5.56 Å². The molecule has 0 aliphatic heterocycles. The summed E-state index contributed by atoms with van der Waals surface area (Å²) in [4.78, 5) is 10.8. The van der Waals surface area contributed by atoms with Crippen LogP contribution in [0.4, 0.5) is 0 Å². The van der Waals surface area contributed by atoms with E-state index < -0.39 is 5.75 Å². The number of Topliss-reactive ketones (excluding diaryl/α,β-unsaturated/α-hetero) is 1. The molecule has 0 aliphatic carbocycles. The van der Waals surface area contributed by atoms with Gasteiger partial charge < -0.3 is 10.2 Å². The van der Waals surface area contributed by atoms with E-state index in [0.29, 0.717) is 0 Å². The third kappa shape index (κ3) is 1.51. The third-order valence-electron chi connectivity index (χ3n) is 1.43. The van der Waals surface area contributed by atoms with Crippen molar-refractivity contribution in [1.82, 2.24) is 0 Å². The van der Waals surface area contributed by atoms with Crippen molar-refractivity contribution in [1.29, 1.82) is 0 Å². The van der Waals surface area contributed by atoms with Crippen molar-refractivity contribution in [2.75, 3.05) is 0 Å². The van der Waals surface area contributed by atoms with Crippen LogP contribution in [-0.2, 0) is 0 Å². The summed E-state index contributed by atoms with van der Waals surface area (Å²) in [6.07, 6.45) is 0. The van der Waals surface area contributed by atoms with Crippen LogP contribution in [0.1, 0.15) is 17.3 Å². The van der Waals surface area contributed by atoms with Crippen LogP contribution in [0.5, 0.6) is 11.5 Å². The number of rotatable bonds is 1. The van der Waals surface area contributed by atoms with Crippen molar-refractivity contribution < 1.29 is 15.0 Å². The molecule has 0 saturated carbocycles. The Bertz CT molecular complexity index is 333. The van der Waals surface area contributed by atoms with Gasteiger partial charge in [-0.1, -0.05) is 11.6 Å². The van der Waals surface area contributed by atoms with Gasteiger partial charge in [0.2, 0.25) is 0 Å². The summed E-state index contributed by atoms with van der Waals surface area (Å²) in [5.74, 6) is -1.15. The highest BCUT2D eigenvalue weighted by Gasteiger charge is 2.11. The van der Waals surface area contributed by atoms with Crippen LogP contribution < -0.4 is 0 Å². The maximum absolute atomic E-state index is 10.8. The van der Waals surface area contributed by atoms with Crippen LogP contribution >= 0.6 is 11.6 Å². The standard InChI is InChI=1S/C8H7ClO3/c1-4(10)6-2-5(9)3-7(11)8(6)12/h2-3,11-12H,1H3. The smallest absolute Gasteiger partial charge is 0.168 e. The number of carbonyl (C=O) groups is 1. The molecule has 3 nitrogen and oxygen atoms in total. The molecular formula is C8H7ClO3. The zero-order chi connectivity index (χ0) is 9.30. The number of ketones is 1. The van der Waals surface area contributed by atoms with Gasteiger partial charge in [-0.2, -0.15) is 0 Å². The molecule has 0 spiro atoms. The number of hydrogen-bond acceptors (Lipinski definition) is 3. The molecule has 1 rings (SSSR count). The van der Waals surface area contributed by atoms with Crippen LogP contribution in [0, 0.1) is 0 Å². The number of phenols is 2. The Morgan fingerprint density at radius 2 is 2.00 bits per heavy atom. The maximum Gasteiger partial charge on any atom is 0.168 e. The molecule has 0 saturated heterocycles. The van der Waals surface area contributed by atoms with Gasteiger partial charge in [0.25, 0.3) is 0 Å². The summed E-state index contributed by atoms with van der Waals surface area (Å²) in [5, 5.41) is 18.4. The number of phenolic OH excluding ortho intramolecular Hbond substituents is 2. The molecule has 0 unspecified atom stereocenters. The molecule has 0 aliphatic rings. The summed E-state index contributed by atoms with van der Waals surface area (Å²) in [5.41, 5.74) is 0.0278. The molecule has 1 aromatic carbocycles. The van der Waals surface area contributed by atoms with Gasteiger partial charge in [0.1, 0.15) is 0 Å². The quantitative estimate of drug-likeness (QED) is 0.521. The first-order chi connectivity index (χ1) is 5.52. The second-order valence-corrected chi connectivity index (χ2v) is 2.81. The van der Waals surface area contributed by atoms with Crippen LogP contribution in [0.2, 0.25) is 5.02 Å². The van der Waals surface area contributed by atoms with E-state index >= 15 is 0 Å². The molecule has 0 heterocycles. The van der Waals surface area contributed by atoms with Crippen LogP contribution in [-0.4, -0.2) is 16.0 Å². The summed E-state index contributed by atoms with van der Waals surface area (Å²) in [7, 11) is 0. The van der Waals surface area contributed by atoms with Gasteiger partial charge in [-0.25, -0.2) is 0 Å². The molecule has 0 atom stereocenters. The highest BCUT2D eigenvalue weighted by atomic mass is 35.5. The van der Waals surface area contributed by atoms with Crippen molar-refractivity contribution in [2.24, 2.45) is 0 Å². The van der Waals surface area contributed by atoms with E-state index in [4.69, 9.17) is 21.8 Å². The van der Waals surface area contributed by atoms with E-state index in [-0.39, 0.29) is 22.1 Å². The highest BCUT2D eigenvalue weighted by Crippen LogP contribution is 2.32. The predicted octanol–water partition coefficient (Wildman–Crippen LogP) is 1.95. The minimum Gasteiger partial charge on any atom is -0.504 e. The van der Waals surface area contributed by atoms with Crippen LogP contribution in [0.3, 0.4) is 0 Å². The van der Waals surface area contributed by atoms with Gasteiger partial charge in [0, 0.05) is 11.1 Å². The van der Waals surface area contributed by atoms with Gasteiger partial charge >= 0.3 is 0 Å². The van der Waals surface area contributed by atoms with Gasteiger partial charge in [-0.05, 0) is 13.0 Å². The van der Waals surface area contributed by atoms with Gasteiger partial charge in [0.15, 0.2) is 17.3 Å². The molecule has 1 aromatic rings. The van der Waals surface area contributed by atoms with E-state index in [9.17, 15) is 4.79 Å². The van der Waals surface area contributed by atoms with Crippen molar-refractivity contribution >= 4 is 17.4 Å². The van der Waals surface area contributed by atoms with E-state index in [1.54, 1.807) is 0 Å². The number of aromatic hydroxyl groups is 2. The van der Waals surface area contributed by atoms with Crippen molar-refractivity contribution in [3.8, 4) is 11.5 Å². The average Bonchev–Trinajstić information content (AvgIpc) is 1.96. The molecular weight excluding hydrogens is 180 g/mol. The van der Waals surface area contributed by atoms with E-state index in [1.165, 1.54) is 19.1 Å². The van der Waals surface area contributed by atoms with E-state index in [1.807, 2.05) is 0 Å². The van der Waals surface area contributed by atoms with Crippen LogP contribution in [0.25, 0.3) is 0 Å². The fourth-order valence-electron chi connectivity index (χ4n) is 0.853. The molecule has 12 heavy (non-hydrogen) atoms. The molecule has 0 aromatic heterocycles. The first kappa shape index (κ1) is 8.87. The third-order valence-corrected chi connectivity index (χ3v) is 1.65. The zero-order valence-electron chi connectivity index (χ0n) is 6.34. The Kier molecular flexibility index (Phi) is 2.24. The van der Waals surface area contributed by atoms with E-state index in [0.717, 1.165) is 0 Å². The molecule has 2 N–H and O–H groups in total. The Morgan fingerprint density at radius 3 is 2.50 bits per heavy atom. The molecule has 0 bridgehead atoms. The molecule has 0 amide bonds. The number of halogens is 1. The second-order valence-electron chi connectivity index (χ2n) is 2.38.